The summed E-state index contributed by atoms with van der Waals surface area (Å²) in [6, 6.07) is 3.79. The van der Waals surface area contributed by atoms with Crippen molar-refractivity contribution in [2.75, 3.05) is 19.6 Å². The molecule has 1 aromatic rings. The standard InChI is InChI=1S/C10H15N3O/c1-3-13-6-9(7-13)14-10-5-4-8(2)11-12-10/h4-5,9H,3,6-7H2,1-2H3. The van der Waals surface area contributed by atoms with Crippen molar-refractivity contribution in [2.45, 2.75) is 20.0 Å². The Morgan fingerprint density at radius 1 is 1.43 bits per heavy atom. The summed E-state index contributed by atoms with van der Waals surface area (Å²) in [6.45, 7) is 7.18. The SMILES string of the molecule is CCN1CC(Oc2ccc(C)nn2)C1. The van der Waals surface area contributed by atoms with Gasteiger partial charge in [0.05, 0.1) is 5.69 Å². The Morgan fingerprint density at radius 3 is 2.79 bits per heavy atom. The second kappa shape index (κ2) is 3.92. The highest BCUT2D eigenvalue weighted by molar-refractivity contribution is 5.11. The zero-order valence-corrected chi connectivity index (χ0v) is 8.60. The molecule has 0 bridgehead atoms. The molecule has 2 heterocycles. The number of aryl methyl sites for hydroxylation is 1. The van der Waals surface area contributed by atoms with E-state index in [9.17, 15) is 0 Å². The predicted octanol–water partition coefficient (Wildman–Crippen LogP) is 0.868. The molecule has 0 N–H and O–H groups in total. The van der Waals surface area contributed by atoms with E-state index in [0.717, 1.165) is 25.3 Å². The monoisotopic (exact) mass is 193 g/mol. The van der Waals surface area contributed by atoms with Crippen LogP contribution >= 0.6 is 0 Å². The number of rotatable bonds is 3. The van der Waals surface area contributed by atoms with Gasteiger partial charge < -0.3 is 4.74 Å². The molecule has 0 saturated carbocycles. The second-order valence-corrected chi connectivity index (χ2v) is 3.61. The van der Waals surface area contributed by atoms with Gasteiger partial charge in [-0.25, -0.2) is 0 Å². The van der Waals surface area contributed by atoms with Gasteiger partial charge in [0.25, 0.3) is 0 Å². The summed E-state index contributed by atoms with van der Waals surface area (Å²) in [5.74, 6) is 0.636. The lowest BCUT2D eigenvalue weighted by atomic mass is 10.2. The number of likely N-dealkylation sites (tertiary alicyclic amines) is 1. The van der Waals surface area contributed by atoms with Crippen LogP contribution in [-0.4, -0.2) is 40.8 Å². The fourth-order valence-corrected chi connectivity index (χ4v) is 1.48. The number of likely N-dealkylation sites (N-methyl/N-ethyl adjacent to an activating group) is 1. The Balaban J connectivity index is 1.84. The van der Waals surface area contributed by atoms with Crippen molar-refractivity contribution in [3.63, 3.8) is 0 Å². The van der Waals surface area contributed by atoms with E-state index < -0.39 is 0 Å². The van der Waals surface area contributed by atoms with Gasteiger partial charge in [0.1, 0.15) is 6.10 Å². The lowest BCUT2D eigenvalue weighted by Gasteiger charge is -2.37. The molecule has 2 rings (SSSR count). The average Bonchev–Trinajstić information content (AvgIpc) is 2.13. The first-order valence-corrected chi connectivity index (χ1v) is 4.97. The molecule has 0 atom stereocenters. The Labute approximate surface area is 83.9 Å². The highest BCUT2D eigenvalue weighted by atomic mass is 16.5. The molecule has 1 aliphatic heterocycles. The van der Waals surface area contributed by atoms with Crippen LogP contribution < -0.4 is 4.74 Å². The zero-order valence-electron chi connectivity index (χ0n) is 8.60. The minimum Gasteiger partial charge on any atom is -0.471 e. The van der Waals surface area contributed by atoms with Crippen LogP contribution in [0.2, 0.25) is 0 Å². The molecular weight excluding hydrogens is 178 g/mol. The van der Waals surface area contributed by atoms with Gasteiger partial charge in [0.2, 0.25) is 5.88 Å². The maximum absolute atomic E-state index is 5.62. The largest absolute Gasteiger partial charge is 0.471 e. The topological polar surface area (TPSA) is 38.2 Å². The van der Waals surface area contributed by atoms with E-state index in [0.29, 0.717) is 12.0 Å². The molecule has 0 aliphatic carbocycles. The van der Waals surface area contributed by atoms with Crippen LogP contribution in [0.25, 0.3) is 0 Å². The molecule has 0 radical (unpaired) electrons. The first-order valence-electron chi connectivity index (χ1n) is 4.97. The summed E-state index contributed by atoms with van der Waals surface area (Å²) in [7, 11) is 0. The molecule has 76 valence electrons. The van der Waals surface area contributed by atoms with E-state index in [-0.39, 0.29) is 0 Å². The highest BCUT2D eigenvalue weighted by Crippen LogP contribution is 2.14. The molecule has 0 aromatic carbocycles. The molecule has 1 fully saturated rings. The van der Waals surface area contributed by atoms with Crippen LogP contribution in [0.1, 0.15) is 12.6 Å². The first-order chi connectivity index (χ1) is 6.78. The number of hydrogen-bond acceptors (Lipinski definition) is 4. The van der Waals surface area contributed by atoms with Gasteiger partial charge in [-0.3, -0.25) is 4.90 Å². The average molecular weight is 193 g/mol. The minimum atomic E-state index is 0.298. The third kappa shape index (κ3) is 2.01. The van der Waals surface area contributed by atoms with E-state index in [4.69, 9.17) is 4.74 Å². The van der Waals surface area contributed by atoms with E-state index in [2.05, 4.69) is 22.0 Å². The number of nitrogens with zero attached hydrogens (tertiary/aromatic N) is 3. The summed E-state index contributed by atoms with van der Waals surface area (Å²) in [6.07, 6.45) is 0.298. The van der Waals surface area contributed by atoms with E-state index in [1.54, 1.807) is 0 Å². The van der Waals surface area contributed by atoms with E-state index in [1.807, 2.05) is 19.1 Å². The fourth-order valence-electron chi connectivity index (χ4n) is 1.48. The molecule has 4 heteroatoms. The lowest BCUT2D eigenvalue weighted by molar-refractivity contribution is 0.0203. The summed E-state index contributed by atoms with van der Waals surface area (Å²) >= 11 is 0. The number of ether oxygens (including phenoxy) is 1. The molecule has 4 nitrogen and oxygen atoms in total. The predicted molar refractivity (Wildman–Crippen MR) is 53.3 cm³/mol. The van der Waals surface area contributed by atoms with Crippen LogP contribution in [0.3, 0.4) is 0 Å². The maximum atomic E-state index is 5.62. The molecular formula is C10H15N3O. The van der Waals surface area contributed by atoms with Gasteiger partial charge in [-0.15, -0.1) is 5.10 Å². The Morgan fingerprint density at radius 2 is 2.21 bits per heavy atom. The first kappa shape index (κ1) is 9.40. The molecule has 0 spiro atoms. The van der Waals surface area contributed by atoms with Crippen LogP contribution in [0.15, 0.2) is 12.1 Å². The summed E-state index contributed by atoms with van der Waals surface area (Å²) in [5.41, 5.74) is 0.918. The van der Waals surface area contributed by atoms with Gasteiger partial charge in [0, 0.05) is 19.2 Å². The van der Waals surface area contributed by atoms with Crippen molar-refractivity contribution in [3.8, 4) is 5.88 Å². The Hall–Kier alpha value is -1.16. The minimum absolute atomic E-state index is 0.298. The van der Waals surface area contributed by atoms with Crippen molar-refractivity contribution in [2.24, 2.45) is 0 Å². The van der Waals surface area contributed by atoms with Gasteiger partial charge in [-0.2, -0.15) is 5.10 Å². The van der Waals surface area contributed by atoms with Gasteiger partial charge in [-0.1, -0.05) is 6.92 Å². The van der Waals surface area contributed by atoms with Crippen molar-refractivity contribution in [1.29, 1.82) is 0 Å². The van der Waals surface area contributed by atoms with Crippen molar-refractivity contribution in [1.82, 2.24) is 15.1 Å². The van der Waals surface area contributed by atoms with Gasteiger partial charge in [-0.05, 0) is 19.5 Å². The van der Waals surface area contributed by atoms with Crippen molar-refractivity contribution in [3.05, 3.63) is 17.8 Å². The van der Waals surface area contributed by atoms with Gasteiger partial charge >= 0.3 is 0 Å². The Kier molecular flexibility index (Phi) is 2.63. The van der Waals surface area contributed by atoms with Crippen LogP contribution in [0, 0.1) is 6.92 Å². The fraction of sp³-hybridized carbons (Fsp3) is 0.600. The normalized spacial score (nSPS) is 17.9. The zero-order chi connectivity index (χ0) is 9.97. The Bertz CT molecular complexity index is 293. The van der Waals surface area contributed by atoms with E-state index in [1.165, 1.54) is 0 Å². The van der Waals surface area contributed by atoms with Crippen molar-refractivity contribution < 1.29 is 4.74 Å². The number of aromatic nitrogens is 2. The molecule has 1 saturated heterocycles. The number of hydrogen-bond donors (Lipinski definition) is 0. The summed E-state index contributed by atoms with van der Waals surface area (Å²) < 4.78 is 5.62. The molecule has 14 heavy (non-hydrogen) atoms. The van der Waals surface area contributed by atoms with Crippen LogP contribution in [0.4, 0.5) is 0 Å². The summed E-state index contributed by atoms with van der Waals surface area (Å²) in [4.78, 5) is 2.33. The molecule has 1 aromatic heterocycles. The van der Waals surface area contributed by atoms with Crippen LogP contribution in [0.5, 0.6) is 5.88 Å². The molecule has 0 amide bonds. The highest BCUT2D eigenvalue weighted by Gasteiger charge is 2.27. The van der Waals surface area contributed by atoms with Crippen LogP contribution in [-0.2, 0) is 0 Å². The molecule has 0 unspecified atom stereocenters. The third-order valence-electron chi connectivity index (χ3n) is 2.43. The third-order valence-corrected chi connectivity index (χ3v) is 2.43. The maximum Gasteiger partial charge on any atom is 0.233 e. The smallest absolute Gasteiger partial charge is 0.233 e. The van der Waals surface area contributed by atoms with Gasteiger partial charge in [0.15, 0.2) is 0 Å². The second-order valence-electron chi connectivity index (χ2n) is 3.61. The van der Waals surface area contributed by atoms with Crippen molar-refractivity contribution >= 4 is 0 Å². The quantitative estimate of drug-likeness (QED) is 0.714. The molecule has 1 aliphatic rings. The lowest BCUT2D eigenvalue weighted by Crippen LogP contribution is -2.53. The summed E-state index contributed by atoms with van der Waals surface area (Å²) in [5, 5.41) is 7.90. The van der Waals surface area contributed by atoms with E-state index >= 15 is 0 Å².